The molecule has 0 spiro atoms. The van der Waals surface area contributed by atoms with E-state index in [-0.39, 0.29) is 22.5 Å². The van der Waals surface area contributed by atoms with Crippen LogP contribution in [0.5, 0.6) is 0 Å². The van der Waals surface area contributed by atoms with E-state index in [4.69, 9.17) is 4.52 Å². The summed E-state index contributed by atoms with van der Waals surface area (Å²) in [5, 5.41) is 12.7. The fourth-order valence-corrected chi connectivity index (χ4v) is 3.83. The number of hydrogen-bond donors (Lipinski definition) is 0. The normalized spacial score (nSPS) is 12.6. The van der Waals surface area contributed by atoms with Crippen LogP contribution in [-0.2, 0) is 12.7 Å². The summed E-state index contributed by atoms with van der Waals surface area (Å²) in [4.78, 5) is 8.40. The minimum atomic E-state index is -4.45. The predicted octanol–water partition coefficient (Wildman–Crippen LogP) is 5.45. The van der Waals surface area contributed by atoms with E-state index in [9.17, 15) is 13.2 Å². The van der Waals surface area contributed by atoms with Crippen molar-refractivity contribution in [2.45, 2.75) is 30.1 Å². The number of hydrogen-bond acceptors (Lipinski definition) is 7. The van der Waals surface area contributed by atoms with Crippen LogP contribution in [0.2, 0.25) is 0 Å². The van der Waals surface area contributed by atoms with Crippen molar-refractivity contribution in [3.8, 4) is 22.8 Å². The quantitative estimate of drug-likeness (QED) is 0.269. The molecule has 11 heteroatoms. The summed E-state index contributed by atoms with van der Waals surface area (Å²) in [6.45, 7) is 6.10. The molecule has 3 heterocycles. The third kappa shape index (κ3) is 4.57. The van der Waals surface area contributed by atoms with Gasteiger partial charge in [-0.3, -0.25) is 9.55 Å². The van der Waals surface area contributed by atoms with E-state index in [0.29, 0.717) is 17.5 Å². The van der Waals surface area contributed by atoms with E-state index in [1.54, 1.807) is 18.5 Å². The molecule has 0 N–H and O–H groups in total. The Hall–Kier alpha value is -3.47. The molecule has 1 atom stereocenters. The smallest absolute Gasteiger partial charge is 0.338 e. The minimum Gasteiger partial charge on any atom is -0.338 e. The zero-order chi connectivity index (χ0) is 22.7. The number of halogens is 3. The fourth-order valence-electron chi connectivity index (χ4n) is 2.94. The Balaban J connectivity index is 1.57. The molecule has 0 aliphatic rings. The van der Waals surface area contributed by atoms with Gasteiger partial charge in [0, 0.05) is 30.1 Å². The predicted molar refractivity (Wildman–Crippen MR) is 112 cm³/mol. The molecular weight excluding hydrogens is 441 g/mol. The number of nitrogens with zero attached hydrogens (tertiary/aromatic N) is 6. The maximum absolute atomic E-state index is 13.0. The minimum absolute atomic E-state index is 0.0853. The van der Waals surface area contributed by atoms with Crippen molar-refractivity contribution >= 4 is 11.8 Å². The topological polar surface area (TPSA) is 82.5 Å². The van der Waals surface area contributed by atoms with E-state index in [2.05, 4.69) is 31.9 Å². The lowest BCUT2D eigenvalue weighted by Crippen LogP contribution is -2.04. The van der Waals surface area contributed by atoms with Gasteiger partial charge in [-0.2, -0.15) is 18.2 Å². The van der Waals surface area contributed by atoms with E-state index in [1.165, 1.54) is 23.9 Å². The van der Waals surface area contributed by atoms with Crippen LogP contribution in [0.25, 0.3) is 22.8 Å². The van der Waals surface area contributed by atoms with Gasteiger partial charge in [-0.1, -0.05) is 35.1 Å². The maximum Gasteiger partial charge on any atom is 0.416 e. The Labute approximate surface area is 185 Å². The van der Waals surface area contributed by atoms with Crippen molar-refractivity contribution in [3.63, 3.8) is 0 Å². The van der Waals surface area contributed by atoms with Gasteiger partial charge >= 0.3 is 6.18 Å². The maximum atomic E-state index is 13.0. The highest BCUT2D eigenvalue weighted by Gasteiger charge is 2.31. The fraction of sp³-hybridized carbons (Fsp3) is 0.190. The number of aromatic nitrogens is 6. The van der Waals surface area contributed by atoms with Crippen LogP contribution >= 0.6 is 11.8 Å². The van der Waals surface area contributed by atoms with Crippen LogP contribution in [0.3, 0.4) is 0 Å². The third-order valence-electron chi connectivity index (χ3n) is 4.47. The van der Waals surface area contributed by atoms with Crippen molar-refractivity contribution in [1.82, 2.24) is 29.9 Å². The number of rotatable bonds is 7. The van der Waals surface area contributed by atoms with Gasteiger partial charge in [-0.15, -0.1) is 16.8 Å². The molecule has 0 saturated heterocycles. The molecule has 0 aliphatic carbocycles. The molecule has 0 bridgehead atoms. The molecule has 0 aliphatic heterocycles. The summed E-state index contributed by atoms with van der Waals surface area (Å²) >= 11 is 1.34. The van der Waals surface area contributed by atoms with Crippen LogP contribution in [-0.4, -0.2) is 29.9 Å². The molecule has 4 rings (SSSR count). The van der Waals surface area contributed by atoms with E-state index >= 15 is 0 Å². The molecular formula is C21H17F3N6OS. The standard InChI is InChI=1S/C21H17F3N6OS/c1-3-10-30-18(15-7-5-9-25-12-15)27-28-20(30)32-13(2)19-26-17(29-31-19)14-6-4-8-16(11-14)21(22,23)24/h3-9,11-13H,1,10H2,2H3/t13-/m0/s1. The molecule has 164 valence electrons. The highest BCUT2D eigenvalue weighted by molar-refractivity contribution is 7.99. The van der Waals surface area contributed by atoms with E-state index in [1.807, 2.05) is 23.6 Å². The summed E-state index contributed by atoms with van der Waals surface area (Å²) in [6.07, 6.45) is 0.650. The second-order valence-electron chi connectivity index (χ2n) is 6.74. The number of pyridine rings is 1. The molecule has 3 aromatic heterocycles. The SMILES string of the molecule is C=CCn1c(S[C@@H](C)c2nc(-c3cccc(C(F)(F)F)c3)no2)nnc1-c1cccnc1. The first kappa shape index (κ1) is 21.8. The summed E-state index contributed by atoms with van der Waals surface area (Å²) in [5.74, 6) is 0.989. The Kier molecular flexibility index (Phi) is 6.08. The first-order valence-corrected chi connectivity index (χ1v) is 10.4. The Morgan fingerprint density at radius 2 is 2.00 bits per heavy atom. The van der Waals surface area contributed by atoms with Gasteiger partial charge in [0.1, 0.15) is 0 Å². The largest absolute Gasteiger partial charge is 0.416 e. The molecule has 0 fully saturated rings. The molecule has 0 radical (unpaired) electrons. The number of benzene rings is 1. The van der Waals surface area contributed by atoms with Crippen molar-refractivity contribution in [2.24, 2.45) is 0 Å². The summed E-state index contributed by atoms with van der Waals surface area (Å²) < 4.78 is 46.2. The van der Waals surface area contributed by atoms with Crippen molar-refractivity contribution < 1.29 is 17.7 Å². The molecule has 0 unspecified atom stereocenters. The van der Waals surface area contributed by atoms with Gasteiger partial charge in [0.05, 0.1) is 10.8 Å². The summed E-state index contributed by atoms with van der Waals surface area (Å²) in [5.41, 5.74) is 0.260. The first-order valence-electron chi connectivity index (χ1n) is 9.49. The van der Waals surface area contributed by atoms with Crippen LogP contribution in [0, 0.1) is 0 Å². The average molecular weight is 458 g/mol. The molecule has 7 nitrogen and oxygen atoms in total. The lowest BCUT2D eigenvalue weighted by Gasteiger charge is -2.09. The number of allylic oxidation sites excluding steroid dienone is 1. The van der Waals surface area contributed by atoms with Crippen LogP contribution < -0.4 is 0 Å². The molecule has 4 aromatic rings. The van der Waals surface area contributed by atoms with Crippen LogP contribution in [0.4, 0.5) is 13.2 Å². The Bertz CT molecular complexity index is 1220. The Morgan fingerprint density at radius 3 is 2.72 bits per heavy atom. The van der Waals surface area contributed by atoms with Crippen molar-refractivity contribution in [2.75, 3.05) is 0 Å². The van der Waals surface area contributed by atoms with Crippen LogP contribution in [0.1, 0.15) is 23.6 Å². The van der Waals surface area contributed by atoms with Gasteiger partial charge in [0.15, 0.2) is 11.0 Å². The lowest BCUT2D eigenvalue weighted by molar-refractivity contribution is -0.137. The Morgan fingerprint density at radius 1 is 1.19 bits per heavy atom. The van der Waals surface area contributed by atoms with Crippen LogP contribution in [0.15, 0.2) is 71.1 Å². The van der Waals surface area contributed by atoms with Gasteiger partial charge in [0.25, 0.3) is 0 Å². The highest BCUT2D eigenvalue weighted by atomic mass is 32.2. The van der Waals surface area contributed by atoms with Gasteiger partial charge in [0.2, 0.25) is 11.7 Å². The summed E-state index contributed by atoms with van der Waals surface area (Å²) in [6, 6.07) is 8.49. The highest BCUT2D eigenvalue weighted by Crippen LogP contribution is 2.36. The van der Waals surface area contributed by atoms with Crippen molar-refractivity contribution in [1.29, 1.82) is 0 Å². The molecule has 0 saturated carbocycles. The van der Waals surface area contributed by atoms with E-state index in [0.717, 1.165) is 17.7 Å². The average Bonchev–Trinajstić information content (AvgIpc) is 3.42. The second kappa shape index (κ2) is 8.95. The number of alkyl halides is 3. The first-order chi connectivity index (χ1) is 15.4. The number of thioether (sulfide) groups is 1. The molecule has 32 heavy (non-hydrogen) atoms. The van der Waals surface area contributed by atoms with Gasteiger partial charge in [-0.25, -0.2) is 0 Å². The monoisotopic (exact) mass is 458 g/mol. The zero-order valence-electron chi connectivity index (χ0n) is 16.8. The third-order valence-corrected chi connectivity index (χ3v) is 5.54. The molecule has 1 aromatic carbocycles. The van der Waals surface area contributed by atoms with Crippen molar-refractivity contribution in [3.05, 3.63) is 72.9 Å². The summed E-state index contributed by atoms with van der Waals surface area (Å²) in [7, 11) is 0. The lowest BCUT2D eigenvalue weighted by atomic mass is 10.1. The van der Waals surface area contributed by atoms with Gasteiger partial charge in [-0.05, 0) is 31.2 Å². The molecule has 0 amide bonds. The second-order valence-corrected chi connectivity index (χ2v) is 8.05. The van der Waals surface area contributed by atoms with E-state index < -0.39 is 11.7 Å². The van der Waals surface area contributed by atoms with Gasteiger partial charge < -0.3 is 4.52 Å². The zero-order valence-corrected chi connectivity index (χ0v) is 17.6.